The predicted molar refractivity (Wildman–Crippen MR) is 80.5 cm³/mol. The molecule has 102 valence electrons. The Balaban J connectivity index is 2.29. The second kappa shape index (κ2) is 8.00. The minimum absolute atomic E-state index is 0.264. The fraction of sp³-hybridized carbons (Fsp3) is 0.571. The largest absolute Gasteiger partial charge is 0.328 e. The number of halogens is 2. The zero-order valence-corrected chi connectivity index (χ0v) is 12.6. The van der Waals surface area contributed by atoms with E-state index in [1.165, 1.54) is 5.56 Å². The van der Waals surface area contributed by atoms with Crippen molar-refractivity contribution in [2.24, 2.45) is 5.73 Å². The van der Waals surface area contributed by atoms with Gasteiger partial charge in [-0.1, -0.05) is 29.3 Å². The highest BCUT2D eigenvalue weighted by Gasteiger charge is 2.04. The summed E-state index contributed by atoms with van der Waals surface area (Å²) in [5.74, 6) is 0. The Labute approximate surface area is 120 Å². The monoisotopic (exact) mass is 288 g/mol. The van der Waals surface area contributed by atoms with Gasteiger partial charge in [-0.15, -0.1) is 0 Å². The first-order chi connectivity index (χ1) is 8.49. The van der Waals surface area contributed by atoms with Gasteiger partial charge in [0, 0.05) is 12.1 Å². The smallest absolute Gasteiger partial charge is 0.0595 e. The van der Waals surface area contributed by atoms with Gasteiger partial charge in [0.15, 0.2) is 0 Å². The zero-order chi connectivity index (χ0) is 13.5. The maximum Gasteiger partial charge on any atom is 0.0595 e. The molecule has 0 saturated heterocycles. The van der Waals surface area contributed by atoms with Crippen molar-refractivity contribution in [2.75, 3.05) is 6.54 Å². The molecule has 2 unspecified atom stereocenters. The molecule has 0 heterocycles. The second-order valence-electron chi connectivity index (χ2n) is 4.91. The molecule has 4 heteroatoms. The number of nitrogens with one attached hydrogen (secondary N) is 1. The van der Waals surface area contributed by atoms with Gasteiger partial charge >= 0.3 is 0 Å². The first kappa shape index (κ1) is 15.8. The van der Waals surface area contributed by atoms with Crippen molar-refractivity contribution in [2.45, 2.75) is 45.2 Å². The van der Waals surface area contributed by atoms with E-state index in [1.807, 2.05) is 25.1 Å². The first-order valence-corrected chi connectivity index (χ1v) is 7.17. The number of rotatable bonds is 7. The van der Waals surface area contributed by atoms with Gasteiger partial charge in [-0.2, -0.15) is 0 Å². The average Bonchev–Trinajstić information content (AvgIpc) is 2.30. The minimum Gasteiger partial charge on any atom is -0.328 e. The van der Waals surface area contributed by atoms with Crippen LogP contribution in [-0.4, -0.2) is 18.6 Å². The summed E-state index contributed by atoms with van der Waals surface area (Å²) >= 11 is 11.9. The van der Waals surface area contributed by atoms with E-state index in [4.69, 9.17) is 28.9 Å². The van der Waals surface area contributed by atoms with Crippen LogP contribution in [0.15, 0.2) is 18.2 Å². The molecule has 0 aliphatic carbocycles. The molecule has 0 aromatic heterocycles. The number of nitrogens with two attached hydrogens (primary N) is 1. The van der Waals surface area contributed by atoms with E-state index in [2.05, 4.69) is 12.2 Å². The summed E-state index contributed by atoms with van der Waals surface area (Å²) in [5, 5.41) is 4.72. The molecule has 0 fully saturated rings. The molecule has 0 amide bonds. The Bertz CT molecular complexity index is 367. The van der Waals surface area contributed by atoms with Gasteiger partial charge in [0.05, 0.1) is 10.0 Å². The van der Waals surface area contributed by atoms with Crippen LogP contribution in [0, 0.1) is 0 Å². The lowest BCUT2D eigenvalue weighted by Gasteiger charge is -2.14. The topological polar surface area (TPSA) is 38.0 Å². The third-order valence-corrected chi connectivity index (χ3v) is 3.68. The van der Waals surface area contributed by atoms with Crippen LogP contribution in [0.4, 0.5) is 0 Å². The van der Waals surface area contributed by atoms with Gasteiger partial charge in [-0.05, 0) is 57.4 Å². The van der Waals surface area contributed by atoms with E-state index in [-0.39, 0.29) is 6.04 Å². The van der Waals surface area contributed by atoms with Crippen molar-refractivity contribution in [3.05, 3.63) is 33.8 Å². The van der Waals surface area contributed by atoms with Crippen LogP contribution in [-0.2, 0) is 6.42 Å². The molecule has 0 aliphatic heterocycles. The van der Waals surface area contributed by atoms with Crippen LogP contribution in [0.5, 0.6) is 0 Å². The minimum atomic E-state index is 0.264. The molecule has 1 aromatic carbocycles. The van der Waals surface area contributed by atoms with Gasteiger partial charge < -0.3 is 11.1 Å². The highest BCUT2D eigenvalue weighted by molar-refractivity contribution is 6.42. The third kappa shape index (κ3) is 6.05. The van der Waals surface area contributed by atoms with Crippen molar-refractivity contribution in [1.82, 2.24) is 5.32 Å². The Hall–Kier alpha value is -0.280. The zero-order valence-electron chi connectivity index (χ0n) is 11.0. The molecule has 0 aliphatic rings. The summed E-state index contributed by atoms with van der Waals surface area (Å²) in [6.45, 7) is 5.20. The van der Waals surface area contributed by atoms with E-state index in [0.717, 1.165) is 25.8 Å². The molecule has 0 radical (unpaired) electrons. The van der Waals surface area contributed by atoms with E-state index in [1.54, 1.807) is 0 Å². The maximum absolute atomic E-state index is 5.99. The van der Waals surface area contributed by atoms with Crippen LogP contribution < -0.4 is 11.1 Å². The van der Waals surface area contributed by atoms with Gasteiger partial charge in [-0.3, -0.25) is 0 Å². The average molecular weight is 289 g/mol. The number of benzene rings is 1. The van der Waals surface area contributed by atoms with Crippen molar-refractivity contribution >= 4 is 23.2 Å². The van der Waals surface area contributed by atoms with Gasteiger partial charge in [0.2, 0.25) is 0 Å². The molecular weight excluding hydrogens is 267 g/mol. The van der Waals surface area contributed by atoms with E-state index >= 15 is 0 Å². The van der Waals surface area contributed by atoms with E-state index in [0.29, 0.717) is 16.1 Å². The Kier molecular flexibility index (Phi) is 7.02. The molecule has 0 saturated carbocycles. The molecule has 18 heavy (non-hydrogen) atoms. The first-order valence-electron chi connectivity index (χ1n) is 6.42. The SMILES string of the molecule is CC(N)CCNC(C)CCc1ccc(Cl)c(Cl)c1. The van der Waals surface area contributed by atoms with Crippen molar-refractivity contribution in [1.29, 1.82) is 0 Å². The fourth-order valence-electron chi connectivity index (χ4n) is 1.74. The number of hydrogen-bond acceptors (Lipinski definition) is 2. The maximum atomic E-state index is 5.99. The Morgan fingerprint density at radius 2 is 1.89 bits per heavy atom. The quantitative estimate of drug-likeness (QED) is 0.804. The predicted octanol–water partition coefficient (Wildman–Crippen LogP) is 3.64. The Morgan fingerprint density at radius 1 is 1.17 bits per heavy atom. The lowest BCUT2D eigenvalue weighted by molar-refractivity contribution is 0.490. The summed E-state index contributed by atoms with van der Waals surface area (Å²) < 4.78 is 0. The summed E-state index contributed by atoms with van der Waals surface area (Å²) in [7, 11) is 0. The van der Waals surface area contributed by atoms with Crippen molar-refractivity contribution in [3.8, 4) is 0 Å². The lowest BCUT2D eigenvalue weighted by atomic mass is 10.1. The summed E-state index contributed by atoms with van der Waals surface area (Å²) in [4.78, 5) is 0. The number of aryl methyl sites for hydroxylation is 1. The number of hydrogen-bond donors (Lipinski definition) is 2. The molecule has 0 bridgehead atoms. The van der Waals surface area contributed by atoms with Gasteiger partial charge in [0.25, 0.3) is 0 Å². The van der Waals surface area contributed by atoms with Crippen molar-refractivity contribution < 1.29 is 0 Å². The molecule has 1 rings (SSSR count). The second-order valence-corrected chi connectivity index (χ2v) is 5.72. The van der Waals surface area contributed by atoms with E-state index in [9.17, 15) is 0 Å². The highest BCUT2D eigenvalue weighted by Crippen LogP contribution is 2.23. The van der Waals surface area contributed by atoms with E-state index < -0.39 is 0 Å². The van der Waals surface area contributed by atoms with Gasteiger partial charge in [0.1, 0.15) is 0 Å². The standard InChI is InChI=1S/C14H22Cl2N2/c1-10(17)7-8-18-11(2)3-4-12-5-6-13(15)14(16)9-12/h5-6,9-11,18H,3-4,7-8,17H2,1-2H3. The molecule has 2 nitrogen and oxygen atoms in total. The highest BCUT2D eigenvalue weighted by atomic mass is 35.5. The normalized spacial score (nSPS) is 14.5. The van der Waals surface area contributed by atoms with Gasteiger partial charge in [-0.25, -0.2) is 0 Å². The summed E-state index contributed by atoms with van der Waals surface area (Å²) in [6.07, 6.45) is 3.09. The van der Waals surface area contributed by atoms with Crippen molar-refractivity contribution in [3.63, 3.8) is 0 Å². The molecule has 2 atom stereocenters. The van der Waals surface area contributed by atoms with Crippen LogP contribution in [0.25, 0.3) is 0 Å². The fourth-order valence-corrected chi connectivity index (χ4v) is 2.06. The van der Waals surface area contributed by atoms with Crippen LogP contribution >= 0.6 is 23.2 Å². The Morgan fingerprint density at radius 3 is 2.50 bits per heavy atom. The molecular formula is C14H22Cl2N2. The molecule has 3 N–H and O–H groups in total. The van der Waals surface area contributed by atoms with Crippen LogP contribution in [0.3, 0.4) is 0 Å². The lowest BCUT2D eigenvalue weighted by Crippen LogP contribution is -2.31. The molecule has 1 aromatic rings. The molecule has 0 spiro atoms. The summed E-state index contributed by atoms with van der Waals surface area (Å²) in [6, 6.07) is 6.58. The summed E-state index contributed by atoms with van der Waals surface area (Å²) in [5.41, 5.74) is 6.93. The van der Waals surface area contributed by atoms with Crippen LogP contribution in [0.1, 0.15) is 32.3 Å². The third-order valence-electron chi connectivity index (χ3n) is 2.94. The van der Waals surface area contributed by atoms with Crippen LogP contribution in [0.2, 0.25) is 10.0 Å².